The van der Waals surface area contributed by atoms with Crippen molar-refractivity contribution in [2.24, 2.45) is 0 Å². The molecule has 2 heterocycles. The molecule has 0 aliphatic carbocycles. The third-order valence-corrected chi connectivity index (χ3v) is 2.74. The highest BCUT2D eigenvalue weighted by Crippen LogP contribution is 2.28. The summed E-state index contributed by atoms with van der Waals surface area (Å²) in [5.74, 6) is -1.27. The molecule has 0 radical (unpaired) electrons. The van der Waals surface area contributed by atoms with Crippen molar-refractivity contribution in [1.29, 1.82) is 0 Å². The number of pyridine rings is 2. The van der Waals surface area contributed by atoms with Crippen LogP contribution in [0, 0.1) is 11.6 Å². The zero-order valence-electron chi connectivity index (χ0n) is 9.27. The molecule has 0 saturated carbocycles. The Kier molecular flexibility index (Phi) is 2.48. The van der Waals surface area contributed by atoms with E-state index in [-0.39, 0.29) is 5.52 Å². The molecule has 18 heavy (non-hydrogen) atoms. The maximum Gasteiger partial charge on any atom is 0.152 e. The summed E-state index contributed by atoms with van der Waals surface area (Å²) in [6.07, 6.45) is 4.80. The second kappa shape index (κ2) is 4.14. The van der Waals surface area contributed by atoms with E-state index in [9.17, 15) is 8.78 Å². The van der Waals surface area contributed by atoms with E-state index in [1.54, 1.807) is 24.5 Å². The summed E-state index contributed by atoms with van der Waals surface area (Å²) in [6, 6.07) is 7.45. The highest BCUT2D eigenvalue weighted by molar-refractivity contribution is 5.94. The second-order valence-electron chi connectivity index (χ2n) is 3.88. The van der Waals surface area contributed by atoms with Crippen LogP contribution in [0.5, 0.6) is 0 Å². The Bertz CT molecular complexity index is 712. The molecule has 0 aliphatic rings. The first-order valence-corrected chi connectivity index (χ1v) is 5.40. The van der Waals surface area contributed by atoms with Gasteiger partial charge in [-0.1, -0.05) is 6.07 Å². The van der Waals surface area contributed by atoms with E-state index in [2.05, 4.69) is 9.97 Å². The van der Waals surface area contributed by atoms with E-state index in [4.69, 9.17) is 0 Å². The van der Waals surface area contributed by atoms with Crippen LogP contribution in [0.25, 0.3) is 22.0 Å². The molecule has 0 fully saturated rings. The first kappa shape index (κ1) is 10.8. The minimum absolute atomic E-state index is 0.165. The molecule has 0 amide bonds. The molecule has 0 spiro atoms. The van der Waals surface area contributed by atoms with Crippen LogP contribution in [0.4, 0.5) is 8.78 Å². The van der Waals surface area contributed by atoms with E-state index in [1.807, 2.05) is 6.07 Å². The van der Waals surface area contributed by atoms with Crippen LogP contribution < -0.4 is 0 Å². The molecule has 0 bridgehead atoms. The minimum atomic E-state index is -0.657. The monoisotopic (exact) mass is 242 g/mol. The maximum absolute atomic E-state index is 13.6. The van der Waals surface area contributed by atoms with Gasteiger partial charge < -0.3 is 0 Å². The topological polar surface area (TPSA) is 25.8 Å². The number of rotatable bonds is 1. The fraction of sp³-hybridized carbons (Fsp3) is 0. The Morgan fingerprint density at radius 3 is 2.67 bits per heavy atom. The predicted molar refractivity (Wildman–Crippen MR) is 64.9 cm³/mol. The van der Waals surface area contributed by atoms with Gasteiger partial charge in [0.05, 0.1) is 0 Å². The zero-order valence-corrected chi connectivity index (χ0v) is 9.27. The van der Waals surface area contributed by atoms with Crippen molar-refractivity contribution in [3.05, 3.63) is 60.6 Å². The van der Waals surface area contributed by atoms with E-state index in [0.29, 0.717) is 10.9 Å². The summed E-state index contributed by atoms with van der Waals surface area (Å²) >= 11 is 0. The molecule has 0 aliphatic heterocycles. The van der Waals surface area contributed by atoms with Gasteiger partial charge in [-0.3, -0.25) is 9.97 Å². The quantitative estimate of drug-likeness (QED) is 0.651. The number of hydrogen-bond donors (Lipinski definition) is 0. The van der Waals surface area contributed by atoms with Crippen molar-refractivity contribution < 1.29 is 8.78 Å². The molecule has 1 aromatic carbocycles. The second-order valence-corrected chi connectivity index (χ2v) is 3.88. The first-order valence-electron chi connectivity index (χ1n) is 5.40. The molecule has 3 rings (SSSR count). The largest absolute Gasteiger partial charge is 0.264 e. The van der Waals surface area contributed by atoms with Crippen LogP contribution in [0.3, 0.4) is 0 Å². The number of fused-ring (bicyclic) bond motifs is 1. The van der Waals surface area contributed by atoms with Crippen molar-refractivity contribution in [3.8, 4) is 11.1 Å². The number of halogens is 2. The van der Waals surface area contributed by atoms with E-state index < -0.39 is 11.6 Å². The summed E-state index contributed by atoms with van der Waals surface area (Å²) in [7, 11) is 0. The van der Waals surface area contributed by atoms with Gasteiger partial charge in [0.2, 0.25) is 0 Å². The van der Waals surface area contributed by atoms with Gasteiger partial charge in [0.25, 0.3) is 0 Å². The van der Waals surface area contributed by atoms with Crippen LogP contribution in [-0.4, -0.2) is 9.97 Å². The minimum Gasteiger partial charge on any atom is -0.264 e. The average molecular weight is 242 g/mol. The lowest BCUT2D eigenvalue weighted by Gasteiger charge is -2.06. The fourth-order valence-corrected chi connectivity index (χ4v) is 1.95. The van der Waals surface area contributed by atoms with Crippen LogP contribution in [-0.2, 0) is 0 Å². The standard InChI is InChI=1S/C14H8F2N2/c15-10-6-12-11(9-2-1-4-17-8-9)3-5-18-14(12)13(16)7-10/h1-8H. The highest BCUT2D eigenvalue weighted by Gasteiger charge is 2.10. The smallest absolute Gasteiger partial charge is 0.152 e. The molecule has 0 unspecified atom stereocenters. The summed E-state index contributed by atoms with van der Waals surface area (Å²) in [6.45, 7) is 0. The van der Waals surface area contributed by atoms with Gasteiger partial charge in [-0.2, -0.15) is 0 Å². The fourth-order valence-electron chi connectivity index (χ4n) is 1.95. The van der Waals surface area contributed by atoms with Crippen molar-refractivity contribution in [3.63, 3.8) is 0 Å². The molecule has 2 aromatic heterocycles. The Balaban J connectivity index is 2.37. The normalized spacial score (nSPS) is 10.8. The molecule has 0 saturated heterocycles. The van der Waals surface area contributed by atoms with Gasteiger partial charge in [0, 0.05) is 35.6 Å². The van der Waals surface area contributed by atoms with E-state index in [0.717, 1.165) is 11.6 Å². The lowest BCUT2D eigenvalue weighted by Crippen LogP contribution is -1.90. The van der Waals surface area contributed by atoms with Crippen LogP contribution in [0.15, 0.2) is 48.9 Å². The zero-order chi connectivity index (χ0) is 12.5. The van der Waals surface area contributed by atoms with Gasteiger partial charge in [-0.25, -0.2) is 8.78 Å². The van der Waals surface area contributed by atoms with Crippen LogP contribution >= 0.6 is 0 Å². The van der Waals surface area contributed by atoms with Crippen molar-refractivity contribution in [2.75, 3.05) is 0 Å². The first-order chi connectivity index (χ1) is 8.75. The Morgan fingerprint density at radius 1 is 1.00 bits per heavy atom. The van der Waals surface area contributed by atoms with Crippen molar-refractivity contribution in [2.45, 2.75) is 0 Å². The maximum atomic E-state index is 13.6. The Hall–Kier alpha value is -2.36. The van der Waals surface area contributed by atoms with Crippen LogP contribution in [0.1, 0.15) is 0 Å². The van der Waals surface area contributed by atoms with Crippen molar-refractivity contribution >= 4 is 10.9 Å². The van der Waals surface area contributed by atoms with Gasteiger partial charge >= 0.3 is 0 Å². The van der Waals surface area contributed by atoms with Gasteiger partial charge in [0.15, 0.2) is 5.82 Å². The molecule has 3 aromatic rings. The third-order valence-electron chi connectivity index (χ3n) is 2.74. The molecule has 88 valence electrons. The molecule has 0 atom stereocenters. The number of nitrogens with zero attached hydrogens (tertiary/aromatic N) is 2. The van der Waals surface area contributed by atoms with Crippen molar-refractivity contribution in [1.82, 2.24) is 9.97 Å². The SMILES string of the molecule is Fc1cc(F)c2nccc(-c3cccnc3)c2c1. The van der Waals surface area contributed by atoms with Gasteiger partial charge in [0.1, 0.15) is 11.3 Å². The summed E-state index contributed by atoms with van der Waals surface area (Å²) < 4.78 is 26.9. The molecule has 4 heteroatoms. The van der Waals surface area contributed by atoms with E-state index >= 15 is 0 Å². The summed E-state index contributed by atoms with van der Waals surface area (Å²) in [5, 5.41) is 0.447. The lowest BCUT2D eigenvalue weighted by atomic mass is 10.0. The number of aromatic nitrogens is 2. The van der Waals surface area contributed by atoms with Crippen LogP contribution in [0.2, 0.25) is 0 Å². The highest BCUT2D eigenvalue weighted by atomic mass is 19.1. The Morgan fingerprint density at radius 2 is 1.89 bits per heavy atom. The van der Waals surface area contributed by atoms with E-state index in [1.165, 1.54) is 12.3 Å². The Labute approximate surface area is 102 Å². The number of hydrogen-bond acceptors (Lipinski definition) is 2. The average Bonchev–Trinajstić information content (AvgIpc) is 2.39. The van der Waals surface area contributed by atoms with Gasteiger partial charge in [-0.15, -0.1) is 0 Å². The summed E-state index contributed by atoms with van der Waals surface area (Å²) in [4.78, 5) is 7.95. The molecular formula is C14H8F2N2. The lowest BCUT2D eigenvalue weighted by molar-refractivity contribution is 0.590. The molecule has 2 nitrogen and oxygen atoms in total. The molecular weight excluding hydrogens is 234 g/mol. The summed E-state index contributed by atoms with van der Waals surface area (Å²) in [5.41, 5.74) is 1.68. The predicted octanol–water partition coefficient (Wildman–Crippen LogP) is 3.58. The third kappa shape index (κ3) is 1.72. The molecule has 0 N–H and O–H groups in total. The number of benzene rings is 1. The van der Waals surface area contributed by atoms with Gasteiger partial charge in [-0.05, 0) is 23.8 Å².